The van der Waals surface area contributed by atoms with Crippen molar-refractivity contribution in [1.82, 2.24) is 15.0 Å². The Kier molecular flexibility index (Phi) is 3.64. The van der Waals surface area contributed by atoms with E-state index in [2.05, 4.69) is 35.7 Å². The van der Waals surface area contributed by atoms with Crippen LogP contribution in [0.5, 0.6) is 0 Å². The van der Waals surface area contributed by atoms with E-state index in [0.29, 0.717) is 5.69 Å². The van der Waals surface area contributed by atoms with Crippen LogP contribution >= 0.6 is 0 Å². The Morgan fingerprint density at radius 3 is 2.35 bits per heavy atom. The largest absolute Gasteiger partial charge is 0.341 e. The van der Waals surface area contributed by atoms with Crippen molar-refractivity contribution in [2.45, 2.75) is 26.2 Å². The molecule has 23 heavy (non-hydrogen) atoms. The zero-order chi connectivity index (χ0) is 16.6. The van der Waals surface area contributed by atoms with Crippen LogP contribution in [-0.2, 0) is 5.41 Å². The molecule has 0 fully saturated rings. The van der Waals surface area contributed by atoms with Gasteiger partial charge in [-0.3, -0.25) is 4.79 Å². The van der Waals surface area contributed by atoms with Crippen molar-refractivity contribution < 1.29 is 4.39 Å². The Morgan fingerprint density at radius 2 is 1.74 bits per heavy atom. The van der Waals surface area contributed by atoms with Crippen LogP contribution in [-0.4, -0.2) is 15.0 Å². The topological polar surface area (TPSA) is 61.5 Å². The number of rotatable bonds is 2. The average Bonchev–Trinajstić information content (AvgIpc) is 2.93. The third-order valence-electron chi connectivity index (χ3n) is 3.60. The molecule has 5 heteroatoms. The number of benzene rings is 1. The summed E-state index contributed by atoms with van der Waals surface area (Å²) in [6.45, 7) is 6.17. The number of hydrogen-bond acceptors (Lipinski definition) is 2. The van der Waals surface area contributed by atoms with Gasteiger partial charge in [-0.1, -0.05) is 20.8 Å². The molecule has 0 unspecified atom stereocenters. The molecule has 3 aromatic rings. The van der Waals surface area contributed by atoms with Gasteiger partial charge in [0, 0.05) is 28.8 Å². The van der Waals surface area contributed by atoms with Crippen molar-refractivity contribution in [2.75, 3.05) is 0 Å². The number of nitrogens with one attached hydrogen (secondary N) is 2. The van der Waals surface area contributed by atoms with E-state index in [1.54, 1.807) is 24.4 Å². The minimum atomic E-state index is -0.290. The molecule has 0 aliphatic carbocycles. The first-order chi connectivity index (χ1) is 10.8. The summed E-state index contributed by atoms with van der Waals surface area (Å²) in [4.78, 5) is 22.2. The van der Waals surface area contributed by atoms with Crippen molar-refractivity contribution >= 4 is 0 Å². The van der Waals surface area contributed by atoms with Crippen LogP contribution in [0.15, 0.2) is 47.4 Å². The van der Waals surface area contributed by atoms with Gasteiger partial charge in [0.05, 0.1) is 11.4 Å². The highest BCUT2D eigenvalue weighted by Crippen LogP contribution is 2.32. The second-order valence-electron chi connectivity index (χ2n) is 6.51. The highest BCUT2D eigenvalue weighted by atomic mass is 19.1. The summed E-state index contributed by atoms with van der Waals surface area (Å²) in [5.74, 6) is 0.522. The number of imidazole rings is 1. The van der Waals surface area contributed by atoms with Crippen LogP contribution in [0.4, 0.5) is 4.39 Å². The first-order valence-corrected chi connectivity index (χ1v) is 7.40. The predicted octanol–water partition coefficient (Wildman–Crippen LogP) is 3.87. The fraction of sp³-hybridized carbons (Fsp3) is 0.222. The Hall–Kier alpha value is -2.69. The number of pyridine rings is 1. The summed E-state index contributed by atoms with van der Waals surface area (Å²) in [6, 6.07) is 9.54. The lowest BCUT2D eigenvalue weighted by Crippen LogP contribution is -2.13. The first kappa shape index (κ1) is 15.2. The summed E-state index contributed by atoms with van der Waals surface area (Å²) in [6.07, 6.45) is 1.59. The van der Waals surface area contributed by atoms with Crippen molar-refractivity contribution in [2.24, 2.45) is 0 Å². The van der Waals surface area contributed by atoms with E-state index in [9.17, 15) is 9.18 Å². The minimum absolute atomic E-state index is 0.172. The van der Waals surface area contributed by atoms with Gasteiger partial charge in [-0.15, -0.1) is 0 Å². The van der Waals surface area contributed by atoms with E-state index in [1.807, 2.05) is 0 Å². The molecule has 0 bridgehead atoms. The lowest BCUT2D eigenvalue weighted by Gasteiger charge is -2.14. The Labute approximate surface area is 133 Å². The first-order valence-electron chi connectivity index (χ1n) is 7.40. The van der Waals surface area contributed by atoms with Crippen molar-refractivity contribution in [3.63, 3.8) is 0 Å². The summed E-state index contributed by atoms with van der Waals surface area (Å²) >= 11 is 0. The molecule has 0 amide bonds. The number of aromatic amines is 2. The van der Waals surface area contributed by atoms with E-state index in [-0.39, 0.29) is 16.8 Å². The molecule has 0 atom stereocenters. The number of hydrogen-bond donors (Lipinski definition) is 2. The van der Waals surface area contributed by atoms with Crippen LogP contribution in [0.25, 0.3) is 22.5 Å². The molecule has 0 saturated heterocycles. The van der Waals surface area contributed by atoms with Crippen LogP contribution in [0.3, 0.4) is 0 Å². The second-order valence-corrected chi connectivity index (χ2v) is 6.51. The molecule has 3 rings (SSSR count). The van der Waals surface area contributed by atoms with Gasteiger partial charge >= 0.3 is 0 Å². The summed E-state index contributed by atoms with van der Waals surface area (Å²) < 4.78 is 13.2. The van der Waals surface area contributed by atoms with Crippen LogP contribution in [0.2, 0.25) is 0 Å². The molecular weight excluding hydrogens is 293 g/mol. The third-order valence-corrected chi connectivity index (χ3v) is 3.60. The molecule has 0 aliphatic rings. The summed E-state index contributed by atoms with van der Waals surface area (Å²) in [7, 11) is 0. The van der Waals surface area contributed by atoms with E-state index in [4.69, 9.17) is 0 Å². The quantitative estimate of drug-likeness (QED) is 0.754. The molecule has 2 aromatic heterocycles. The fourth-order valence-corrected chi connectivity index (χ4v) is 2.35. The van der Waals surface area contributed by atoms with E-state index in [0.717, 1.165) is 22.6 Å². The second kappa shape index (κ2) is 5.50. The molecular formula is C18H18FN3O. The fourth-order valence-electron chi connectivity index (χ4n) is 2.35. The predicted molar refractivity (Wildman–Crippen MR) is 88.7 cm³/mol. The molecule has 0 saturated carbocycles. The molecule has 4 nitrogen and oxygen atoms in total. The van der Waals surface area contributed by atoms with Crippen molar-refractivity contribution in [1.29, 1.82) is 0 Å². The van der Waals surface area contributed by atoms with Crippen molar-refractivity contribution in [3.8, 4) is 22.5 Å². The zero-order valence-corrected chi connectivity index (χ0v) is 13.3. The van der Waals surface area contributed by atoms with E-state index < -0.39 is 0 Å². The highest BCUT2D eigenvalue weighted by Gasteiger charge is 2.22. The van der Waals surface area contributed by atoms with Gasteiger partial charge in [0.2, 0.25) is 5.56 Å². The maximum absolute atomic E-state index is 13.2. The van der Waals surface area contributed by atoms with Crippen molar-refractivity contribution in [3.05, 3.63) is 64.6 Å². The summed E-state index contributed by atoms with van der Waals surface area (Å²) in [5.41, 5.74) is 2.65. The van der Waals surface area contributed by atoms with E-state index >= 15 is 0 Å². The van der Waals surface area contributed by atoms with Gasteiger partial charge in [0.15, 0.2) is 0 Å². The minimum Gasteiger partial charge on any atom is -0.341 e. The van der Waals surface area contributed by atoms with Gasteiger partial charge in [-0.25, -0.2) is 9.37 Å². The average molecular weight is 311 g/mol. The van der Waals surface area contributed by atoms with E-state index in [1.165, 1.54) is 18.2 Å². The lowest BCUT2D eigenvalue weighted by atomic mass is 9.96. The number of H-pyrrole nitrogens is 2. The maximum atomic E-state index is 13.2. The molecule has 0 aliphatic heterocycles. The van der Waals surface area contributed by atoms with Gasteiger partial charge in [-0.05, 0) is 30.3 Å². The Morgan fingerprint density at radius 1 is 1.04 bits per heavy atom. The van der Waals surface area contributed by atoms with Crippen LogP contribution in [0, 0.1) is 5.82 Å². The lowest BCUT2D eigenvalue weighted by molar-refractivity contribution is 0.553. The normalized spacial score (nSPS) is 11.7. The van der Waals surface area contributed by atoms with Gasteiger partial charge in [-0.2, -0.15) is 0 Å². The SMILES string of the molecule is CC(C)(C)c1nc(-c2cc[nH]c(=O)c2)c(-c2ccc(F)cc2)[nH]1. The number of halogens is 1. The molecule has 0 radical (unpaired) electrons. The van der Waals surface area contributed by atoms with Gasteiger partial charge in [0.1, 0.15) is 11.6 Å². The maximum Gasteiger partial charge on any atom is 0.248 e. The molecule has 1 aromatic carbocycles. The standard InChI is InChI=1S/C18H18FN3O/c1-18(2,3)17-21-15(11-4-6-13(19)7-5-11)16(22-17)12-8-9-20-14(23)10-12/h4-10H,1-3H3,(H,20,23)(H,21,22). The molecule has 2 N–H and O–H groups in total. The molecule has 118 valence electrons. The van der Waals surface area contributed by atoms with Crippen LogP contribution < -0.4 is 5.56 Å². The van der Waals surface area contributed by atoms with Crippen LogP contribution in [0.1, 0.15) is 26.6 Å². The number of aromatic nitrogens is 3. The highest BCUT2D eigenvalue weighted by molar-refractivity contribution is 5.78. The smallest absolute Gasteiger partial charge is 0.248 e. The Balaban J connectivity index is 2.23. The Bertz CT molecular complexity index is 886. The third kappa shape index (κ3) is 3.08. The number of nitrogens with zero attached hydrogens (tertiary/aromatic N) is 1. The van der Waals surface area contributed by atoms with Gasteiger partial charge < -0.3 is 9.97 Å². The summed E-state index contributed by atoms with van der Waals surface area (Å²) in [5, 5.41) is 0. The molecule has 0 spiro atoms. The molecule has 2 heterocycles. The van der Waals surface area contributed by atoms with Gasteiger partial charge in [0.25, 0.3) is 0 Å². The zero-order valence-electron chi connectivity index (χ0n) is 13.3. The monoisotopic (exact) mass is 311 g/mol.